The lowest BCUT2D eigenvalue weighted by atomic mass is 10.2. The summed E-state index contributed by atoms with van der Waals surface area (Å²) in [6.07, 6.45) is 1.47. The van der Waals surface area contributed by atoms with Gasteiger partial charge in [-0.25, -0.2) is 0 Å². The van der Waals surface area contributed by atoms with Crippen LogP contribution in [0.5, 0.6) is 5.75 Å². The molecule has 2 unspecified atom stereocenters. The minimum atomic E-state index is -0.523. The maximum absolute atomic E-state index is 12.3. The molecule has 1 aliphatic heterocycles. The average molecular weight is 319 g/mol. The molecule has 6 heteroatoms. The number of ether oxygens (including phenoxy) is 1. The smallest absolute Gasteiger partial charge is 0.263 e. The molecule has 1 aliphatic rings. The van der Waals surface area contributed by atoms with E-state index in [4.69, 9.17) is 22.1 Å². The number of nitrogens with zero attached hydrogens (tertiary/aromatic N) is 1. The lowest BCUT2D eigenvalue weighted by molar-refractivity contribution is -0.138. The number of benzene rings is 1. The second kappa shape index (κ2) is 7.72. The van der Waals surface area contributed by atoms with Crippen molar-refractivity contribution >= 4 is 29.9 Å². The molecule has 1 aromatic carbocycles. The monoisotopic (exact) mass is 318 g/mol. The molecule has 1 amide bonds. The zero-order chi connectivity index (χ0) is 13.8. The van der Waals surface area contributed by atoms with Gasteiger partial charge in [-0.1, -0.05) is 17.7 Å². The van der Waals surface area contributed by atoms with Gasteiger partial charge in [-0.2, -0.15) is 0 Å². The standard InChI is InChI=1S/C14H19ClN2O2.ClH/c1-10(19-13-6-2-4-11(15)8-13)14(18)17-7-3-5-12(17)9-16;/h2,4,6,8,10,12H,3,5,7,9,16H2,1H3;1H. The summed E-state index contributed by atoms with van der Waals surface area (Å²) in [5, 5.41) is 0.596. The third kappa shape index (κ3) is 4.01. The first kappa shape index (κ1) is 17.1. The Bertz CT molecular complexity index is 457. The lowest BCUT2D eigenvalue weighted by Crippen LogP contribution is -2.45. The van der Waals surface area contributed by atoms with Gasteiger partial charge in [0.2, 0.25) is 0 Å². The fourth-order valence-electron chi connectivity index (χ4n) is 2.40. The van der Waals surface area contributed by atoms with Crippen molar-refractivity contribution in [2.45, 2.75) is 31.9 Å². The van der Waals surface area contributed by atoms with Crippen LogP contribution in [0, 0.1) is 0 Å². The number of hydrogen-bond acceptors (Lipinski definition) is 3. The topological polar surface area (TPSA) is 55.6 Å². The van der Waals surface area contributed by atoms with Crippen molar-refractivity contribution in [3.8, 4) is 5.75 Å². The summed E-state index contributed by atoms with van der Waals surface area (Å²) >= 11 is 5.89. The van der Waals surface area contributed by atoms with Crippen molar-refractivity contribution < 1.29 is 9.53 Å². The molecule has 1 saturated heterocycles. The van der Waals surface area contributed by atoms with Crippen LogP contribution in [0.25, 0.3) is 0 Å². The maximum Gasteiger partial charge on any atom is 0.263 e. The van der Waals surface area contributed by atoms with Gasteiger partial charge in [0, 0.05) is 24.2 Å². The Balaban J connectivity index is 0.00000200. The molecule has 0 radical (unpaired) electrons. The van der Waals surface area contributed by atoms with E-state index in [0.29, 0.717) is 17.3 Å². The molecule has 0 spiro atoms. The van der Waals surface area contributed by atoms with Crippen molar-refractivity contribution in [3.63, 3.8) is 0 Å². The van der Waals surface area contributed by atoms with Crippen molar-refractivity contribution in [1.82, 2.24) is 4.90 Å². The van der Waals surface area contributed by atoms with Gasteiger partial charge >= 0.3 is 0 Å². The Kier molecular flexibility index (Phi) is 6.59. The van der Waals surface area contributed by atoms with E-state index in [9.17, 15) is 4.79 Å². The van der Waals surface area contributed by atoms with Crippen molar-refractivity contribution in [2.24, 2.45) is 5.73 Å². The zero-order valence-electron chi connectivity index (χ0n) is 11.4. The van der Waals surface area contributed by atoms with Gasteiger partial charge in [0.15, 0.2) is 6.10 Å². The van der Waals surface area contributed by atoms with Gasteiger partial charge in [0.05, 0.1) is 0 Å². The largest absolute Gasteiger partial charge is 0.481 e. The number of halogens is 2. The molecular formula is C14H20Cl2N2O2. The van der Waals surface area contributed by atoms with E-state index in [1.807, 2.05) is 4.90 Å². The zero-order valence-corrected chi connectivity index (χ0v) is 13.0. The third-order valence-corrected chi connectivity index (χ3v) is 3.62. The molecule has 0 bridgehead atoms. The number of carbonyl (C=O) groups is 1. The number of hydrogen-bond donors (Lipinski definition) is 1. The fraction of sp³-hybridized carbons (Fsp3) is 0.500. The van der Waals surface area contributed by atoms with Gasteiger partial charge in [-0.15, -0.1) is 12.4 Å². The van der Waals surface area contributed by atoms with Gasteiger partial charge in [0.25, 0.3) is 5.91 Å². The molecule has 20 heavy (non-hydrogen) atoms. The van der Waals surface area contributed by atoms with Crippen LogP contribution in [0.2, 0.25) is 5.02 Å². The second-order valence-corrected chi connectivity index (χ2v) is 5.22. The summed E-state index contributed by atoms with van der Waals surface area (Å²) in [6.45, 7) is 3.04. The van der Waals surface area contributed by atoms with Crippen molar-refractivity contribution in [2.75, 3.05) is 13.1 Å². The van der Waals surface area contributed by atoms with E-state index in [-0.39, 0.29) is 24.4 Å². The number of amides is 1. The van der Waals surface area contributed by atoms with Gasteiger partial charge in [0.1, 0.15) is 5.75 Å². The summed E-state index contributed by atoms with van der Waals surface area (Å²) in [7, 11) is 0. The summed E-state index contributed by atoms with van der Waals surface area (Å²) in [5.74, 6) is 0.602. The molecule has 1 aromatic rings. The summed E-state index contributed by atoms with van der Waals surface area (Å²) in [6, 6.07) is 7.22. The number of likely N-dealkylation sites (tertiary alicyclic amines) is 1. The molecule has 2 rings (SSSR count). The van der Waals surface area contributed by atoms with E-state index in [1.165, 1.54) is 0 Å². The number of nitrogens with two attached hydrogens (primary N) is 1. The predicted octanol–water partition coefficient (Wildman–Crippen LogP) is 2.48. The van der Waals surface area contributed by atoms with Crippen LogP contribution >= 0.6 is 24.0 Å². The highest BCUT2D eigenvalue weighted by Crippen LogP contribution is 2.21. The van der Waals surface area contributed by atoms with E-state index in [2.05, 4.69) is 0 Å². The number of rotatable bonds is 4. The van der Waals surface area contributed by atoms with E-state index >= 15 is 0 Å². The summed E-state index contributed by atoms with van der Waals surface area (Å²) < 4.78 is 5.65. The Labute approximate surface area is 130 Å². The summed E-state index contributed by atoms with van der Waals surface area (Å²) in [4.78, 5) is 14.1. The van der Waals surface area contributed by atoms with Crippen LogP contribution in [-0.4, -0.2) is 36.0 Å². The molecule has 1 heterocycles. The van der Waals surface area contributed by atoms with Crippen LogP contribution in [-0.2, 0) is 4.79 Å². The molecule has 2 atom stereocenters. The maximum atomic E-state index is 12.3. The molecule has 2 N–H and O–H groups in total. The lowest BCUT2D eigenvalue weighted by Gasteiger charge is -2.26. The molecule has 112 valence electrons. The highest BCUT2D eigenvalue weighted by Gasteiger charge is 2.31. The van der Waals surface area contributed by atoms with Crippen molar-refractivity contribution in [1.29, 1.82) is 0 Å². The Hall–Kier alpha value is -0.970. The third-order valence-electron chi connectivity index (χ3n) is 3.39. The van der Waals surface area contributed by atoms with Crippen molar-refractivity contribution in [3.05, 3.63) is 29.3 Å². The average Bonchev–Trinajstić information content (AvgIpc) is 2.86. The van der Waals surface area contributed by atoms with E-state index in [0.717, 1.165) is 19.4 Å². The van der Waals surface area contributed by atoms with Gasteiger partial charge < -0.3 is 15.4 Å². The number of carbonyl (C=O) groups excluding carboxylic acids is 1. The Morgan fingerprint density at radius 3 is 3.00 bits per heavy atom. The quantitative estimate of drug-likeness (QED) is 0.927. The van der Waals surface area contributed by atoms with Crippen LogP contribution in [0.3, 0.4) is 0 Å². The SMILES string of the molecule is CC(Oc1cccc(Cl)c1)C(=O)N1CCCC1CN.Cl. The van der Waals surface area contributed by atoms with E-state index < -0.39 is 6.10 Å². The highest BCUT2D eigenvalue weighted by atomic mass is 35.5. The second-order valence-electron chi connectivity index (χ2n) is 4.78. The Morgan fingerprint density at radius 2 is 2.35 bits per heavy atom. The van der Waals surface area contributed by atoms with Gasteiger partial charge in [-0.05, 0) is 38.0 Å². The summed E-state index contributed by atoms with van der Waals surface area (Å²) in [5.41, 5.74) is 5.68. The molecule has 0 aliphatic carbocycles. The first-order valence-electron chi connectivity index (χ1n) is 6.54. The molecule has 0 saturated carbocycles. The molecule has 1 fully saturated rings. The van der Waals surface area contributed by atoms with Crippen LogP contribution < -0.4 is 10.5 Å². The fourth-order valence-corrected chi connectivity index (χ4v) is 2.58. The molecular weight excluding hydrogens is 299 g/mol. The first-order chi connectivity index (χ1) is 9.11. The van der Waals surface area contributed by atoms with Crippen LogP contribution in [0.4, 0.5) is 0 Å². The predicted molar refractivity (Wildman–Crippen MR) is 82.6 cm³/mol. The molecule has 0 aromatic heterocycles. The normalized spacial score (nSPS) is 19.4. The minimum absolute atomic E-state index is 0. The first-order valence-corrected chi connectivity index (χ1v) is 6.92. The van der Waals surface area contributed by atoms with Crippen LogP contribution in [0.1, 0.15) is 19.8 Å². The van der Waals surface area contributed by atoms with E-state index in [1.54, 1.807) is 31.2 Å². The van der Waals surface area contributed by atoms with Gasteiger partial charge in [-0.3, -0.25) is 4.79 Å². The van der Waals surface area contributed by atoms with Crippen LogP contribution in [0.15, 0.2) is 24.3 Å². The Morgan fingerprint density at radius 1 is 1.60 bits per heavy atom. The molecule has 4 nitrogen and oxygen atoms in total. The minimum Gasteiger partial charge on any atom is -0.481 e. The highest BCUT2D eigenvalue weighted by molar-refractivity contribution is 6.30.